The lowest BCUT2D eigenvalue weighted by molar-refractivity contribution is -0.128. The number of amides is 1. The highest BCUT2D eigenvalue weighted by Gasteiger charge is 2.42. The van der Waals surface area contributed by atoms with Crippen molar-refractivity contribution in [3.8, 4) is 5.75 Å². The predicted molar refractivity (Wildman–Crippen MR) is 169 cm³/mol. The Morgan fingerprint density at radius 2 is 1.88 bits per heavy atom. The number of nitrogens with one attached hydrogen (secondary N) is 1. The van der Waals surface area contributed by atoms with Crippen molar-refractivity contribution >= 4 is 69.2 Å². The van der Waals surface area contributed by atoms with Gasteiger partial charge in [0.2, 0.25) is 0 Å². The fourth-order valence-electron chi connectivity index (χ4n) is 5.84. The SMILES string of the molecule is Cc1cc(Cl)c(OCCCc2ncc(C3=C(C(=O)N(Cc4cccc(Cl)c4Cl)C4CC4)C4CC[C@@H](C3)N4)s2)c(Cl)c1. The molecule has 1 saturated heterocycles. The van der Waals surface area contributed by atoms with E-state index in [1.54, 1.807) is 17.4 Å². The summed E-state index contributed by atoms with van der Waals surface area (Å²) in [5.74, 6) is 0.628. The first-order chi connectivity index (χ1) is 19.8. The van der Waals surface area contributed by atoms with Crippen LogP contribution in [0.3, 0.4) is 0 Å². The Bertz CT molecular complexity index is 1480. The van der Waals surface area contributed by atoms with Crippen LogP contribution < -0.4 is 10.1 Å². The van der Waals surface area contributed by atoms with Crippen molar-refractivity contribution in [1.29, 1.82) is 0 Å². The highest BCUT2D eigenvalue weighted by molar-refractivity contribution is 7.12. The van der Waals surface area contributed by atoms with E-state index >= 15 is 0 Å². The van der Waals surface area contributed by atoms with Gasteiger partial charge < -0.3 is 15.0 Å². The number of hydrogen-bond donors (Lipinski definition) is 1. The summed E-state index contributed by atoms with van der Waals surface area (Å²) < 4.78 is 5.90. The lowest BCUT2D eigenvalue weighted by Gasteiger charge is -2.31. The Morgan fingerprint density at radius 1 is 1.10 bits per heavy atom. The van der Waals surface area contributed by atoms with Gasteiger partial charge >= 0.3 is 0 Å². The Morgan fingerprint density at radius 3 is 2.63 bits per heavy atom. The molecule has 0 radical (unpaired) electrons. The van der Waals surface area contributed by atoms with Crippen molar-refractivity contribution in [2.75, 3.05) is 6.61 Å². The number of aryl methyl sites for hydroxylation is 2. The first-order valence-electron chi connectivity index (χ1n) is 14.0. The lowest BCUT2D eigenvalue weighted by Crippen LogP contribution is -2.44. The second-order valence-corrected chi connectivity index (χ2v) is 13.8. The number of halogens is 4. The number of nitrogens with zero attached hydrogens (tertiary/aromatic N) is 2. The third-order valence-electron chi connectivity index (χ3n) is 7.99. The second kappa shape index (κ2) is 12.4. The number of ether oxygens (including phenoxy) is 1. The van der Waals surface area contributed by atoms with Gasteiger partial charge in [0.15, 0.2) is 5.75 Å². The fraction of sp³-hybridized carbons (Fsp3) is 0.419. The average molecular weight is 651 g/mol. The smallest absolute Gasteiger partial charge is 0.252 e. The molecule has 6 rings (SSSR count). The molecule has 1 unspecified atom stereocenters. The number of aromatic nitrogens is 1. The van der Waals surface area contributed by atoms with E-state index in [1.165, 1.54) is 0 Å². The van der Waals surface area contributed by atoms with Gasteiger partial charge in [-0.3, -0.25) is 4.79 Å². The van der Waals surface area contributed by atoms with E-state index in [2.05, 4.69) is 5.32 Å². The molecule has 3 aliphatic rings. The number of carbonyl (C=O) groups is 1. The molecule has 5 nitrogen and oxygen atoms in total. The minimum atomic E-state index is 0.0651. The van der Waals surface area contributed by atoms with Gasteiger partial charge in [0.25, 0.3) is 5.91 Å². The summed E-state index contributed by atoms with van der Waals surface area (Å²) >= 11 is 27.1. The molecular weight excluding hydrogens is 620 g/mol. The van der Waals surface area contributed by atoms with E-state index < -0.39 is 0 Å². The molecule has 0 spiro atoms. The Hall–Kier alpha value is -1.80. The summed E-state index contributed by atoms with van der Waals surface area (Å²) in [6.07, 6.45) is 8.40. The van der Waals surface area contributed by atoms with Crippen LogP contribution in [-0.4, -0.2) is 40.5 Å². The molecule has 2 aromatic carbocycles. The monoisotopic (exact) mass is 649 g/mol. The predicted octanol–water partition coefficient (Wildman–Crippen LogP) is 8.55. The fourth-order valence-corrected chi connectivity index (χ4v) is 7.95. The van der Waals surface area contributed by atoms with Crippen LogP contribution in [0.4, 0.5) is 0 Å². The molecule has 2 fully saturated rings. The normalized spacial score (nSPS) is 20.0. The number of thiazole rings is 1. The van der Waals surface area contributed by atoms with Gasteiger partial charge in [-0.15, -0.1) is 11.3 Å². The van der Waals surface area contributed by atoms with Crippen LogP contribution in [0.15, 0.2) is 42.1 Å². The van der Waals surface area contributed by atoms with Crippen molar-refractivity contribution in [3.05, 3.63) is 83.2 Å². The van der Waals surface area contributed by atoms with Crippen molar-refractivity contribution in [2.24, 2.45) is 0 Å². The van der Waals surface area contributed by atoms with Gasteiger partial charge in [-0.25, -0.2) is 4.98 Å². The lowest BCUT2D eigenvalue weighted by atomic mass is 9.93. The summed E-state index contributed by atoms with van der Waals surface area (Å²) in [5.41, 5.74) is 3.91. The van der Waals surface area contributed by atoms with Crippen molar-refractivity contribution < 1.29 is 9.53 Å². The summed E-state index contributed by atoms with van der Waals surface area (Å²) in [6, 6.07) is 10.0. The van der Waals surface area contributed by atoms with Crippen LogP contribution in [0.5, 0.6) is 5.75 Å². The van der Waals surface area contributed by atoms with Gasteiger partial charge in [-0.05, 0) is 80.3 Å². The number of carbonyl (C=O) groups excluding carboxylic acids is 1. The summed E-state index contributed by atoms with van der Waals surface area (Å²) in [7, 11) is 0. The first kappa shape index (κ1) is 29.3. The van der Waals surface area contributed by atoms with Crippen molar-refractivity contribution in [3.63, 3.8) is 0 Å². The number of rotatable bonds is 10. The highest BCUT2D eigenvalue weighted by atomic mass is 35.5. The van der Waals surface area contributed by atoms with Crippen LogP contribution in [0.1, 0.15) is 59.5 Å². The van der Waals surface area contributed by atoms with Crippen molar-refractivity contribution in [1.82, 2.24) is 15.2 Å². The quantitative estimate of drug-likeness (QED) is 0.223. The Kier molecular flexibility index (Phi) is 8.88. The van der Waals surface area contributed by atoms with E-state index in [0.29, 0.717) is 45.0 Å². The van der Waals surface area contributed by atoms with E-state index in [1.807, 2.05) is 42.3 Å². The zero-order valence-corrected chi connectivity index (χ0v) is 26.5. The molecule has 1 aliphatic carbocycles. The number of benzene rings is 2. The molecule has 41 heavy (non-hydrogen) atoms. The largest absolute Gasteiger partial charge is 0.490 e. The third-order valence-corrected chi connectivity index (χ3v) is 10.5. The van der Waals surface area contributed by atoms with Crippen LogP contribution in [0, 0.1) is 6.92 Å². The number of hydrogen-bond acceptors (Lipinski definition) is 5. The molecule has 3 heterocycles. The van der Waals surface area contributed by atoms with Crippen molar-refractivity contribution in [2.45, 2.75) is 76.5 Å². The average Bonchev–Trinajstić information content (AvgIpc) is 3.55. The van der Waals surface area contributed by atoms with Crippen LogP contribution in [-0.2, 0) is 17.8 Å². The van der Waals surface area contributed by atoms with Crippen LogP contribution in [0.2, 0.25) is 20.1 Å². The molecule has 2 atom stereocenters. The summed E-state index contributed by atoms with van der Waals surface area (Å²) in [6.45, 7) is 2.89. The molecule has 10 heteroatoms. The topological polar surface area (TPSA) is 54.5 Å². The van der Waals surface area contributed by atoms with Crippen LogP contribution in [0.25, 0.3) is 5.57 Å². The molecule has 2 aliphatic heterocycles. The van der Waals surface area contributed by atoms with Gasteiger partial charge in [-0.1, -0.05) is 58.5 Å². The molecule has 3 aromatic rings. The van der Waals surface area contributed by atoms with E-state index in [9.17, 15) is 4.79 Å². The second-order valence-electron chi connectivity index (χ2n) is 11.1. The molecular formula is C31H31Cl4N3O2S. The Labute approximate surface area is 264 Å². The van der Waals surface area contributed by atoms with Gasteiger partial charge in [0, 0.05) is 42.9 Å². The van der Waals surface area contributed by atoms with E-state index in [0.717, 1.165) is 77.1 Å². The molecule has 1 N–H and O–H groups in total. The van der Waals surface area contributed by atoms with E-state index in [4.69, 9.17) is 56.1 Å². The van der Waals surface area contributed by atoms with Crippen LogP contribution >= 0.6 is 57.7 Å². The Balaban J connectivity index is 1.19. The molecule has 2 bridgehead atoms. The van der Waals surface area contributed by atoms with Gasteiger partial charge in [0.1, 0.15) is 0 Å². The summed E-state index contributed by atoms with van der Waals surface area (Å²) in [5, 5.41) is 6.79. The third kappa shape index (κ3) is 6.43. The highest BCUT2D eigenvalue weighted by Crippen LogP contribution is 2.42. The molecule has 1 saturated carbocycles. The zero-order chi connectivity index (χ0) is 28.7. The standard InChI is InChI=1S/C31H31Cl4N3O2S/c1-17-12-23(33)30(24(34)13-17)40-11-3-6-27-36-15-26(41-27)21-14-19-7-10-25(37-19)28(21)31(39)38(20-8-9-20)16-18-4-2-5-22(32)29(18)35/h2,4-5,12-13,15,19-20,25,37H,3,6-11,14,16H2,1H3/t19-,25?/m0/s1. The number of fused-ring (bicyclic) bond motifs is 2. The maximum atomic E-state index is 14.3. The molecule has 1 aromatic heterocycles. The first-order valence-corrected chi connectivity index (χ1v) is 16.4. The zero-order valence-electron chi connectivity index (χ0n) is 22.7. The molecule has 216 valence electrons. The minimum Gasteiger partial charge on any atom is -0.490 e. The molecule has 1 amide bonds. The summed E-state index contributed by atoms with van der Waals surface area (Å²) in [4.78, 5) is 22.1. The van der Waals surface area contributed by atoms with E-state index in [-0.39, 0.29) is 18.0 Å². The minimum absolute atomic E-state index is 0.0651. The van der Waals surface area contributed by atoms with Gasteiger partial charge in [0.05, 0.1) is 36.6 Å². The maximum Gasteiger partial charge on any atom is 0.252 e. The maximum absolute atomic E-state index is 14.3. The van der Waals surface area contributed by atoms with Gasteiger partial charge in [-0.2, -0.15) is 0 Å².